The second kappa shape index (κ2) is 5.27. The Kier molecular flexibility index (Phi) is 3.31. The van der Waals surface area contributed by atoms with E-state index in [1.165, 1.54) is 6.92 Å². The zero-order chi connectivity index (χ0) is 17.0. The van der Waals surface area contributed by atoms with Crippen molar-refractivity contribution in [3.05, 3.63) is 33.4 Å². The summed E-state index contributed by atoms with van der Waals surface area (Å²) in [6.45, 7) is 4.79. The minimum Gasteiger partial charge on any atom is -0.477 e. The molecular formula is C16H17FN4O3. The van der Waals surface area contributed by atoms with E-state index in [1.54, 1.807) is 0 Å². The zero-order valence-electron chi connectivity index (χ0n) is 13.1. The maximum atomic E-state index is 14.9. The van der Waals surface area contributed by atoms with Gasteiger partial charge in [-0.2, -0.15) is 0 Å². The molecular weight excluding hydrogens is 315 g/mol. The molecule has 0 spiro atoms. The van der Waals surface area contributed by atoms with E-state index in [0.29, 0.717) is 11.8 Å². The van der Waals surface area contributed by atoms with Crippen LogP contribution in [0.5, 0.6) is 0 Å². The lowest BCUT2D eigenvalue weighted by molar-refractivity contribution is 0.0695. The molecule has 8 heteroatoms. The van der Waals surface area contributed by atoms with Gasteiger partial charge in [0.15, 0.2) is 11.6 Å². The van der Waals surface area contributed by atoms with Crippen LogP contribution in [0, 0.1) is 24.6 Å². The number of nitrogens with zero attached hydrogens (tertiary/aromatic N) is 2. The van der Waals surface area contributed by atoms with Crippen molar-refractivity contribution < 1.29 is 14.3 Å². The van der Waals surface area contributed by atoms with E-state index in [9.17, 15) is 14.0 Å². The number of aromatic amines is 1. The molecule has 4 rings (SSSR count). The molecule has 2 aromatic heterocycles. The number of hydrogen-bond acceptors (Lipinski definition) is 5. The van der Waals surface area contributed by atoms with E-state index < -0.39 is 22.8 Å². The highest BCUT2D eigenvalue weighted by Crippen LogP contribution is 2.32. The van der Waals surface area contributed by atoms with Gasteiger partial charge in [-0.05, 0) is 18.8 Å². The Hall–Kier alpha value is -2.48. The molecule has 0 aromatic carbocycles. The molecule has 0 unspecified atom stereocenters. The number of carbonyl (C=O) groups is 1. The topological polar surface area (TPSA) is 98.3 Å². The van der Waals surface area contributed by atoms with Gasteiger partial charge in [0.2, 0.25) is 5.43 Å². The van der Waals surface area contributed by atoms with Gasteiger partial charge in [-0.15, -0.1) is 0 Å². The average Bonchev–Trinajstić information content (AvgIpc) is 3.11. The Morgan fingerprint density at radius 3 is 2.67 bits per heavy atom. The van der Waals surface area contributed by atoms with Crippen molar-refractivity contribution in [2.24, 2.45) is 11.8 Å². The Labute approximate surface area is 136 Å². The van der Waals surface area contributed by atoms with Gasteiger partial charge in [0.1, 0.15) is 11.2 Å². The first-order valence-corrected chi connectivity index (χ1v) is 7.87. The number of halogens is 1. The summed E-state index contributed by atoms with van der Waals surface area (Å²) in [5.74, 6) is -0.704. The predicted octanol–water partition coefficient (Wildman–Crippen LogP) is 0.724. The summed E-state index contributed by atoms with van der Waals surface area (Å²) >= 11 is 0. The predicted molar refractivity (Wildman–Crippen MR) is 86.1 cm³/mol. The van der Waals surface area contributed by atoms with Crippen LogP contribution in [0.2, 0.25) is 0 Å². The quantitative estimate of drug-likeness (QED) is 0.750. The third-order valence-electron chi connectivity index (χ3n) is 5.10. The van der Waals surface area contributed by atoms with Gasteiger partial charge in [0.25, 0.3) is 0 Å². The number of pyridine rings is 2. The lowest BCUT2D eigenvalue weighted by Gasteiger charge is -2.20. The van der Waals surface area contributed by atoms with Crippen molar-refractivity contribution in [1.82, 2.24) is 15.3 Å². The van der Waals surface area contributed by atoms with E-state index >= 15 is 0 Å². The molecule has 2 saturated heterocycles. The van der Waals surface area contributed by atoms with Crippen LogP contribution in [0.3, 0.4) is 0 Å². The van der Waals surface area contributed by atoms with Crippen LogP contribution in [-0.4, -0.2) is 47.2 Å². The van der Waals surface area contributed by atoms with Crippen LogP contribution in [-0.2, 0) is 0 Å². The Morgan fingerprint density at radius 2 is 2.04 bits per heavy atom. The lowest BCUT2D eigenvalue weighted by atomic mass is 10.0. The first-order valence-electron chi connectivity index (χ1n) is 7.87. The van der Waals surface area contributed by atoms with Crippen LogP contribution in [0.15, 0.2) is 11.0 Å². The van der Waals surface area contributed by atoms with Crippen LogP contribution >= 0.6 is 0 Å². The number of aromatic nitrogens is 2. The standard InChI is InChI=1S/C16H17FN4O3/c1-7-11-13(22)10(16(23)24)4-19-14(11)20-15(12(7)17)21-5-8-2-18-3-9(8)6-21/h4,8-9,18H,2-3,5-6H2,1H3,(H,23,24)(H,19,20,22)/t8-,9+. The first kappa shape index (κ1) is 15.1. The minimum atomic E-state index is -1.35. The molecule has 3 N–H and O–H groups in total. The SMILES string of the molecule is Cc1c(F)c(N2C[C@H]3CNC[C@H]3C2)nc2[nH]cc(C(=O)O)c(=O)c12. The van der Waals surface area contributed by atoms with E-state index in [4.69, 9.17) is 5.11 Å². The summed E-state index contributed by atoms with van der Waals surface area (Å²) in [5, 5.41) is 12.4. The number of anilines is 1. The fraction of sp³-hybridized carbons (Fsp3) is 0.438. The molecule has 0 aliphatic carbocycles. The zero-order valence-corrected chi connectivity index (χ0v) is 13.1. The van der Waals surface area contributed by atoms with Crippen molar-refractivity contribution in [3.63, 3.8) is 0 Å². The van der Waals surface area contributed by atoms with Gasteiger partial charge in [-0.3, -0.25) is 4.79 Å². The molecule has 0 amide bonds. The summed E-state index contributed by atoms with van der Waals surface area (Å²) in [4.78, 5) is 32.3. The van der Waals surface area contributed by atoms with Crippen molar-refractivity contribution >= 4 is 22.8 Å². The van der Waals surface area contributed by atoms with E-state index in [-0.39, 0.29) is 22.4 Å². The number of aryl methyl sites for hydroxylation is 1. The molecule has 2 aliphatic rings. The van der Waals surface area contributed by atoms with Gasteiger partial charge in [-0.1, -0.05) is 0 Å². The molecule has 0 saturated carbocycles. The second-order valence-electron chi connectivity index (χ2n) is 6.52. The minimum absolute atomic E-state index is 0.00259. The number of hydrogen-bond donors (Lipinski definition) is 3. The molecule has 2 atom stereocenters. The molecule has 2 aromatic rings. The number of aromatic carboxylic acids is 1. The van der Waals surface area contributed by atoms with E-state index in [1.807, 2.05) is 4.90 Å². The molecule has 7 nitrogen and oxygen atoms in total. The lowest BCUT2D eigenvalue weighted by Crippen LogP contribution is -2.28. The molecule has 2 aliphatic heterocycles. The number of fused-ring (bicyclic) bond motifs is 2. The van der Waals surface area contributed by atoms with Crippen LogP contribution in [0.4, 0.5) is 10.2 Å². The third-order valence-corrected chi connectivity index (χ3v) is 5.10. The summed E-state index contributed by atoms with van der Waals surface area (Å²) in [6.07, 6.45) is 1.11. The number of carboxylic acid groups (broad SMARTS) is 1. The Balaban J connectivity index is 1.84. The first-order chi connectivity index (χ1) is 11.5. The summed E-state index contributed by atoms with van der Waals surface area (Å²) < 4.78 is 14.9. The average molecular weight is 332 g/mol. The second-order valence-corrected chi connectivity index (χ2v) is 6.52. The molecule has 2 fully saturated rings. The molecule has 24 heavy (non-hydrogen) atoms. The van der Waals surface area contributed by atoms with Gasteiger partial charge in [0, 0.05) is 37.9 Å². The maximum absolute atomic E-state index is 14.9. The number of H-pyrrole nitrogens is 1. The molecule has 4 heterocycles. The molecule has 126 valence electrons. The molecule has 0 radical (unpaired) electrons. The Bertz CT molecular complexity index is 898. The highest BCUT2D eigenvalue weighted by molar-refractivity contribution is 5.92. The monoisotopic (exact) mass is 332 g/mol. The highest BCUT2D eigenvalue weighted by Gasteiger charge is 2.38. The van der Waals surface area contributed by atoms with Crippen molar-refractivity contribution in [2.45, 2.75) is 6.92 Å². The highest BCUT2D eigenvalue weighted by atomic mass is 19.1. The van der Waals surface area contributed by atoms with Gasteiger partial charge in [-0.25, -0.2) is 14.2 Å². The van der Waals surface area contributed by atoms with Crippen molar-refractivity contribution in [1.29, 1.82) is 0 Å². The largest absolute Gasteiger partial charge is 0.477 e. The number of rotatable bonds is 2. The Morgan fingerprint density at radius 1 is 1.38 bits per heavy atom. The normalized spacial score (nSPS) is 23.0. The van der Waals surface area contributed by atoms with Gasteiger partial charge < -0.3 is 20.3 Å². The summed E-state index contributed by atoms with van der Waals surface area (Å²) in [5.41, 5.74) is -0.779. The van der Waals surface area contributed by atoms with Crippen molar-refractivity contribution in [2.75, 3.05) is 31.1 Å². The van der Waals surface area contributed by atoms with Crippen molar-refractivity contribution in [3.8, 4) is 0 Å². The smallest absolute Gasteiger partial charge is 0.341 e. The van der Waals surface area contributed by atoms with E-state index in [2.05, 4.69) is 15.3 Å². The summed E-state index contributed by atoms with van der Waals surface area (Å²) in [7, 11) is 0. The van der Waals surface area contributed by atoms with E-state index in [0.717, 1.165) is 32.4 Å². The fourth-order valence-electron chi connectivity index (χ4n) is 3.79. The fourth-order valence-corrected chi connectivity index (χ4v) is 3.79. The summed E-state index contributed by atoms with van der Waals surface area (Å²) in [6, 6.07) is 0. The number of nitrogens with one attached hydrogen (secondary N) is 2. The maximum Gasteiger partial charge on any atom is 0.341 e. The van der Waals surface area contributed by atoms with Crippen LogP contribution < -0.4 is 15.6 Å². The van der Waals surface area contributed by atoms with Crippen LogP contribution in [0.1, 0.15) is 15.9 Å². The molecule has 0 bridgehead atoms. The van der Waals surface area contributed by atoms with Crippen LogP contribution in [0.25, 0.3) is 11.0 Å². The third kappa shape index (κ3) is 2.10. The number of carboxylic acids is 1. The van der Waals surface area contributed by atoms with Gasteiger partial charge >= 0.3 is 5.97 Å². The van der Waals surface area contributed by atoms with Gasteiger partial charge in [0.05, 0.1) is 5.39 Å².